The van der Waals surface area contributed by atoms with E-state index < -0.39 is 12.3 Å². The highest BCUT2D eigenvalue weighted by Crippen LogP contribution is 2.21. The van der Waals surface area contributed by atoms with Gasteiger partial charge in [-0.25, -0.2) is 14.8 Å². The molecule has 3 heterocycles. The minimum Gasteiger partial charge on any atom is -0.444 e. The average molecular weight is 349 g/mol. The van der Waals surface area contributed by atoms with Gasteiger partial charge in [0.05, 0.1) is 6.67 Å². The van der Waals surface area contributed by atoms with Crippen LogP contribution >= 0.6 is 0 Å². The van der Waals surface area contributed by atoms with Gasteiger partial charge in [0.2, 0.25) is 0 Å². The van der Waals surface area contributed by atoms with Gasteiger partial charge in [0.1, 0.15) is 5.60 Å². The Morgan fingerprint density at radius 3 is 2.60 bits per heavy atom. The highest BCUT2D eigenvalue weighted by atomic mass is 19.1. The van der Waals surface area contributed by atoms with E-state index in [-0.39, 0.29) is 6.09 Å². The zero-order valence-electron chi connectivity index (χ0n) is 14.9. The van der Waals surface area contributed by atoms with Crippen molar-refractivity contribution >= 4 is 17.6 Å². The summed E-state index contributed by atoms with van der Waals surface area (Å²) in [6, 6.07) is 0. The highest BCUT2D eigenvalue weighted by Gasteiger charge is 2.27. The van der Waals surface area contributed by atoms with E-state index in [1.807, 2.05) is 25.2 Å². The maximum atomic E-state index is 12.7. The van der Waals surface area contributed by atoms with Crippen molar-refractivity contribution < 1.29 is 13.9 Å². The van der Waals surface area contributed by atoms with E-state index in [9.17, 15) is 9.18 Å². The molecule has 0 spiro atoms. The quantitative estimate of drug-likeness (QED) is 0.851. The van der Waals surface area contributed by atoms with Crippen LogP contribution in [0, 0.1) is 0 Å². The van der Waals surface area contributed by atoms with Crippen molar-refractivity contribution in [1.29, 1.82) is 0 Å². The summed E-state index contributed by atoms with van der Waals surface area (Å²) >= 11 is 0. The summed E-state index contributed by atoms with van der Waals surface area (Å²) in [4.78, 5) is 24.8. The largest absolute Gasteiger partial charge is 0.444 e. The summed E-state index contributed by atoms with van der Waals surface area (Å²) in [6.07, 6.45) is 5.23. The predicted molar refractivity (Wildman–Crippen MR) is 92.7 cm³/mol. The van der Waals surface area contributed by atoms with Crippen LogP contribution in [0.1, 0.15) is 26.5 Å². The third-order valence-electron chi connectivity index (χ3n) is 4.07. The standard InChI is InChI=1S/C17H24FN5O2/c1-17(2,3)25-16(24)22-10-8-21(9-11-22)14-15-20-12-13(4-5-18)23(15)7-6-19-14/h6-7,12H,4-5,8-11H2,1-3H3. The van der Waals surface area contributed by atoms with Crippen LogP contribution in [0.2, 0.25) is 0 Å². The third-order valence-corrected chi connectivity index (χ3v) is 4.07. The number of alkyl halides is 1. The van der Waals surface area contributed by atoms with Crippen LogP contribution in [-0.2, 0) is 11.2 Å². The normalized spacial score (nSPS) is 15.7. The summed E-state index contributed by atoms with van der Waals surface area (Å²) in [6.45, 7) is 7.59. The lowest BCUT2D eigenvalue weighted by atomic mass is 10.2. The summed E-state index contributed by atoms with van der Waals surface area (Å²) in [5, 5.41) is 0. The molecule has 3 rings (SSSR count). The van der Waals surface area contributed by atoms with Crippen LogP contribution in [0.3, 0.4) is 0 Å². The van der Waals surface area contributed by atoms with E-state index in [0.29, 0.717) is 32.6 Å². The van der Waals surface area contributed by atoms with E-state index in [4.69, 9.17) is 4.74 Å². The summed E-state index contributed by atoms with van der Waals surface area (Å²) < 4.78 is 20.0. The number of carbonyl (C=O) groups is 1. The number of aryl methyl sites for hydroxylation is 1. The molecule has 1 aliphatic heterocycles. The van der Waals surface area contributed by atoms with Gasteiger partial charge in [0.15, 0.2) is 11.5 Å². The molecule has 0 N–H and O–H groups in total. The summed E-state index contributed by atoms with van der Waals surface area (Å²) in [5.74, 6) is 0.761. The van der Waals surface area contributed by atoms with E-state index in [0.717, 1.165) is 17.2 Å². The minimum absolute atomic E-state index is 0.288. The second-order valence-electron chi connectivity index (χ2n) is 7.09. The number of carbonyl (C=O) groups excluding carboxylic acids is 1. The number of anilines is 1. The molecule has 0 atom stereocenters. The topological polar surface area (TPSA) is 63.0 Å². The number of piperazine rings is 1. The first-order valence-corrected chi connectivity index (χ1v) is 8.49. The van der Waals surface area contributed by atoms with Gasteiger partial charge in [-0.05, 0) is 20.8 Å². The van der Waals surface area contributed by atoms with Gasteiger partial charge in [-0.3, -0.25) is 8.79 Å². The molecule has 2 aromatic heterocycles. The fraction of sp³-hybridized carbons (Fsp3) is 0.588. The van der Waals surface area contributed by atoms with Crippen LogP contribution in [-0.4, -0.2) is 63.8 Å². The average Bonchev–Trinajstić information content (AvgIpc) is 2.97. The number of amides is 1. The lowest BCUT2D eigenvalue weighted by molar-refractivity contribution is 0.0240. The summed E-state index contributed by atoms with van der Waals surface area (Å²) in [7, 11) is 0. The first-order chi connectivity index (χ1) is 11.9. The molecule has 136 valence electrons. The number of hydrogen-bond acceptors (Lipinski definition) is 5. The number of hydrogen-bond donors (Lipinski definition) is 0. The smallest absolute Gasteiger partial charge is 0.410 e. The molecule has 8 heteroatoms. The Bertz CT molecular complexity index is 747. The lowest BCUT2D eigenvalue weighted by Crippen LogP contribution is -2.50. The molecule has 0 radical (unpaired) electrons. The molecule has 25 heavy (non-hydrogen) atoms. The maximum absolute atomic E-state index is 12.7. The van der Waals surface area contributed by atoms with Crippen molar-refractivity contribution in [2.45, 2.75) is 32.8 Å². The van der Waals surface area contributed by atoms with Gasteiger partial charge in [-0.1, -0.05) is 0 Å². The van der Waals surface area contributed by atoms with Crippen LogP contribution in [0.15, 0.2) is 18.6 Å². The number of fused-ring (bicyclic) bond motifs is 1. The highest BCUT2D eigenvalue weighted by molar-refractivity contribution is 5.69. The number of ether oxygens (including phenoxy) is 1. The number of rotatable bonds is 3. The monoisotopic (exact) mass is 349 g/mol. The first-order valence-electron chi connectivity index (χ1n) is 8.49. The van der Waals surface area contributed by atoms with Crippen LogP contribution < -0.4 is 4.90 Å². The molecule has 1 aliphatic rings. The van der Waals surface area contributed by atoms with Gasteiger partial charge < -0.3 is 14.5 Å². The Labute approximate surface area is 146 Å². The first kappa shape index (κ1) is 17.4. The van der Waals surface area contributed by atoms with E-state index >= 15 is 0 Å². The van der Waals surface area contributed by atoms with Crippen LogP contribution in [0.4, 0.5) is 15.0 Å². The number of imidazole rings is 1. The molecule has 7 nitrogen and oxygen atoms in total. The molecule has 1 fully saturated rings. The molecule has 2 aromatic rings. The number of aromatic nitrogens is 3. The molecular formula is C17H24FN5O2. The number of halogens is 1. The third kappa shape index (κ3) is 3.83. The van der Waals surface area contributed by atoms with Crippen molar-refractivity contribution in [2.75, 3.05) is 37.8 Å². The molecule has 1 saturated heterocycles. The van der Waals surface area contributed by atoms with E-state index in [1.165, 1.54) is 0 Å². The Balaban J connectivity index is 1.71. The van der Waals surface area contributed by atoms with Crippen molar-refractivity contribution in [3.05, 3.63) is 24.3 Å². The molecule has 0 saturated carbocycles. The summed E-state index contributed by atoms with van der Waals surface area (Å²) in [5.41, 5.74) is 1.05. The lowest BCUT2D eigenvalue weighted by Gasteiger charge is -2.36. The van der Waals surface area contributed by atoms with Gasteiger partial charge >= 0.3 is 6.09 Å². The van der Waals surface area contributed by atoms with Gasteiger partial charge in [-0.15, -0.1) is 0 Å². The minimum atomic E-state index is -0.496. The second-order valence-corrected chi connectivity index (χ2v) is 7.09. The van der Waals surface area contributed by atoms with Gasteiger partial charge in [0.25, 0.3) is 0 Å². The van der Waals surface area contributed by atoms with E-state index in [2.05, 4.69) is 14.9 Å². The molecule has 0 aliphatic carbocycles. The zero-order chi connectivity index (χ0) is 18.0. The number of nitrogens with zero attached hydrogens (tertiary/aromatic N) is 5. The van der Waals surface area contributed by atoms with Crippen LogP contribution in [0.5, 0.6) is 0 Å². The Hall–Kier alpha value is -2.38. The molecule has 0 unspecified atom stereocenters. The fourth-order valence-corrected chi connectivity index (χ4v) is 2.89. The zero-order valence-corrected chi connectivity index (χ0v) is 14.9. The molecule has 0 bridgehead atoms. The second kappa shape index (κ2) is 6.85. The molecular weight excluding hydrogens is 325 g/mol. The van der Waals surface area contributed by atoms with Crippen molar-refractivity contribution in [3.63, 3.8) is 0 Å². The SMILES string of the molecule is CC(C)(C)OC(=O)N1CCN(c2nccn3c(CCF)cnc23)CC1. The van der Waals surface area contributed by atoms with Gasteiger partial charge in [0, 0.05) is 56.9 Å². The van der Waals surface area contributed by atoms with Gasteiger partial charge in [-0.2, -0.15) is 0 Å². The predicted octanol–water partition coefficient (Wildman–Crippen LogP) is 2.30. The van der Waals surface area contributed by atoms with Crippen molar-refractivity contribution in [1.82, 2.24) is 19.3 Å². The Morgan fingerprint density at radius 2 is 1.96 bits per heavy atom. The molecule has 0 aromatic carbocycles. The van der Waals surface area contributed by atoms with Crippen molar-refractivity contribution in [3.8, 4) is 0 Å². The Kier molecular flexibility index (Phi) is 4.78. The maximum Gasteiger partial charge on any atom is 0.410 e. The van der Waals surface area contributed by atoms with Crippen LogP contribution in [0.25, 0.3) is 5.65 Å². The van der Waals surface area contributed by atoms with E-state index in [1.54, 1.807) is 23.5 Å². The van der Waals surface area contributed by atoms with Crippen molar-refractivity contribution in [2.24, 2.45) is 0 Å². The molecule has 1 amide bonds. The fourth-order valence-electron chi connectivity index (χ4n) is 2.89. The Morgan fingerprint density at radius 1 is 1.24 bits per heavy atom.